The van der Waals surface area contributed by atoms with Gasteiger partial charge < -0.3 is 9.64 Å². The molecule has 4 aromatic rings. The molecule has 6 heterocycles. The molecule has 0 bridgehead atoms. The molecule has 3 N–H and O–H groups in total. The van der Waals surface area contributed by atoms with Crippen LogP contribution in [0.3, 0.4) is 0 Å². The lowest BCUT2D eigenvalue weighted by Crippen LogP contribution is -2.36. The number of nitrogens with zero attached hydrogens (tertiary/aromatic N) is 6. The molecule has 10 heteroatoms. The molecule has 6 rings (SSSR count). The maximum absolute atomic E-state index is 6.22. The zero-order chi connectivity index (χ0) is 20.5. The van der Waals surface area contributed by atoms with Gasteiger partial charge in [0.2, 0.25) is 5.95 Å². The van der Waals surface area contributed by atoms with E-state index in [-0.39, 0.29) is 5.60 Å². The molecule has 2 aliphatic heterocycles. The highest BCUT2D eigenvalue weighted by Crippen LogP contribution is 2.44. The van der Waals surface area contributed by atoms with Gasteiger partial charge in [0.05, 0.1) is 17.7 Å². The number of nitrogen functional groups attached to an aromatic ring is 1. The Morgan fingerprint density at radius 2 is 2.00 bits per heavy atom. The van der Waals surface area contributed by atoms with Crippen molar-refractivity contribution in [3.63, 3.8) is 0 Å². The van der Waals surface area contributed by atoms with Crippen molar-refractivity contribution in [2.45, 2.75) is 51.7 Å². The summed E-state index contributed by atoms with van der Waals surface area (Å²) in [6.45, 7) is 6.96. The summed E-state index contributed by atoms with van der Waals surface area (Å²) in [7, 11) is 0. The van der Waals surface area contributed by atoms with Gasteiger partial charge in [0.15, 0.2) is 5.65 Å². The summed E-state index contributed by atoms with van der Waals surface area (Å²) in [6.07, 6.45) is 6.05. The minimum absolute atomic E-state index is 0.234. The van der Waals surface area contributed by atoms with E-state index >= 15 is 0 Å². The molecule has 0 atom stereocenters. The Balaban J connectivity index is 1.70. The lowest BCUT2D eigenvalue weighted by Gasteiger charge is -2.36. The summed E-state index contributed by atoms with van der Waals surface area (Å²) in [4.78, 5) is 17.9. The molecule has 0 saturated carbocycles. The van der Waals surface area contributed by atoms with E-state index in [4.69, 9.17) is 20.5 Å². The first-order valence-corrected chi connectivity index (χ1v) is 11.2. The van der Waals surface area contributed by atoms with Crippen LogP contribution in [0.5, 0.6) is 0 Å². The standard InChI is InChI=1S/C20H24N8OS/c1-20(2)8-11-12(9-29-20)16(27-6-4-3-5-7-27)25-18-13(11)14-15(30-18)17-22-10-23-28(17)19(24-14)26-21/h10H,3-9,21H2,1-2H3,(H,24,26). The number of pyridine rings is 1. The van der Waals surface area contributed by atoms with E-state index in [1.807, 2.05) is 0 Å². The molecule has 1 saturated heterocycles. The van der Waals surface area contributed by atoms with Gasteiger partial charge in [-0.05, 0) is 38.7 Å². The first kappa shape index (κ1) is 18.2. The lowest BCUT2D eigenvalue weighted by atomic mass is 9.90. The number of hydrazine groups is 1. The van der Waals surface area contributed by atoms with Crippen LogP contribution >= 0.6 is 11.3 Å². The number of nitrogens with one attached hydrogen (secondary N) is 1. The summed E-state index contributed by atoms with van der Waals surface area (Å²) in [5, 5.41) is 5.37. The number of fused-ring (bicyclic) bond motifs is 7. The van der Waals surface area contributed by atoms with E-state index in [0.29, 0.717) is 12.6 Å². The molecule has 30 heavy (non-hydrogen) atoms. The Morgan fingerprint density at radius 1 is 1.17 bits per heavy atom. The summed E-state index contributed by atoms with van der Waals surface area (Å²) in [6, 6.07) is 0. The van der Waals surface area contributed by atoms with Crippen LogP contribution in [0.2, 0.25) is 0 Å². The number of piperidine rings is 1. The number of anilines is 2. The van der Waals surface area contributed by atoms with Crippen molar-refractivity contribution < 1.29 is 4.74 Å². The van der Waals surface area contributed by atoms with Crippen LogP contribution in [0.4, 0.5) is 11.8 Å². The lowest BCUT2D eigenvalue weighted by molar-refractivity contribution is -0.0395. The van der Waals surface area contributed by atoms with E-state index in [1.54, 1.807) is 15.9 Å². The van der Waals surface area contributed by atoms with E-state index in [1.165, 1.54) is 36.7 Å². The van der Waals surface area contributed by atoms with Crippen molar-refractivity contribution in [3.8, 4) is 0 Å². The van der Waals surface area contributed by atoms with Crippen molar-refractivity contribution in [2.24, 2.45) is 5.84 Å². The molecule has 0 radical (unpaired) electrons. The van der Waals surface area contributed by atoms with Gasteiger partial charge in [0, 0.05) is 30.5 Å². The smallest absolute Gasteiger partial charge is 0.241 e. The molecule has 2 aliphatic rings. The second-order valence-corrected chi connectivity index (χ2v) is 9.70. The zero-order valence-electron chi connectivity index (χ0n) is 17.1. The van der Waals surface area contributed by atoms with Crippen LogP contribution in [-0.2, 0) is 17.8 Å². The quantitative estimate of drug-likeness (QED) is 0.374. The van der Waals surface area contributed by atoms with Gasteiger partial charge in [0.1, 0.15) is 21.7 Å². The Bertz CT molecular complexity index is 1290. The van der Waals surface area contributed by atoms with Crippen molar-refractivity contribution in [1.29, 1.82) is 0 Å². The van der Waals surface area contributed by atoms with Crippen molar-refractivity contribution >= 4 is 49.2 Å². The molecule has 156 valence electrons. The summed E-state index contributed by atoms with van der Waals surface area (Å²) < 4.78 is 8.85. The van der Waals surface area contributed by atoms with Gasteiger partial charge in [-0.1, -0.05) is 0 Å². The van der Waals surface area contributed by atoms with E-state index in [9.17, 15) is 0 Å². The first-order chi connectivity index (χ1) is 14.6. The first-order valence-electron chi connectivity index (χ1n) is 10.4. The third-order valence-corrected chi connectivity index (χ3v) is 7.24. The van der Waals surface area contributed by atoms with Crippen molar-refractivity contribution in [2.75, 3.05) is 23.4 Å². The van der Waals surface area contributed by atoms with Crippen molar-refractivity contribution in [3.05, 3.63) is 17.5 Å². The molecule has 1 fully saturated rings. The minimum atomic E-state index is -0.234. The highest BCUT2D eigenvalue weighted by atomic mass is 32.1. The SMILES string of the molecule is CC1(C)Cc2c(c(N3CCCCC3)nc3sc4c(nc(NN)n5ncnc45)c23)CO1. The molecular formula is C20H24N8OS. The van der Waals surface area contributed by atoms with Gasteiger partial charge in [-0.15, -0.1) is 11.3 Å². The van der Waals surface area contributed by atoms with Gasteiger partial charge in [-0.3, -0.25) is 5.43 Å². The Hall–Kier alpha value is -2.56. The number of nitrogens with two attached hydrogens (primary N) is 1. The van der Waals surface area contributed by atoms with Gasteiger partial charge in [-0.2, -0.15) is 9.61 Å². The third-order valence-electron chi connectivity index (χ3n) is 6.17. The Kier molecular flexibility index (Phi) is 3.93. The number of thiophene rings is 1. The van der Waals surface area contributed by atoms with Crippen LogP contribution in [0.25, 0.3) is 26.1 Å². The highest BCUT2D eigenvalue weighted by Gasteiger charge is 2.33. The highest BCUT2D eigenvalue weighted by molar-refractivity contribution is 7.26. The summed E-state index contributed by atoms with van der Waals surface area (Å²) in [5.41, 5.74) is 6.56. The number of rotatable bonds is 2. The summed E-state index contributed by atoms with van der Waals surface area (Å²) in [5.74, 6) is 7.29. The largest absolute Gasteiger partial charge is 0.370 e. The molecule has 0 spiro atoms. The number of ether oxygens (including phenoxy) is 1. The molecular weight excluding hydrogens is 400 g/mol. The molecule has 4 aromatic heterocycles. The van der Waals surface area contributed by atoms with Crippen LogP contribution in [-0.4, -0.2) is 43.3 Å². The fraction of sp³-hybridized carbons (Fsp3) is 0.500. The maximum atomic E-state index is 6.22. The number of hydrogen-bond acceptors (Lipinski definition) is 9. The minimum Gasteiger partial charge on any atom is -0.370 e. The van der Waals surface area contributed by atoms with Crippen LogP contribution < -0.4 is 16.2 Å². The second kappa shape index (κ2) is 6.47. The molecule has 0 unspecified atom stereocenters. The Morgan fingerprint density at radius 3 is 2.80 bits per heavy atom. The topological polar surface area (TPSA) is 106 Å². The average molecular weight is 425 g/mol. The predicted octanol–water partition coefficient (Wildman–Crippen LogP) is 3.01. The monoisotopic (exact) mass is 424 g/mol. The van der Waals surface area contributed by atoms with Gasteiger partial charge in [-0.25, -0.2) is 20.8 Å². The normalized spacial score (nSPS) is 19.0. The molecule has 0 aromatic carbocycles. The predicted molar refractivity (Wildman–Crippen MR) is 118 cm³/mol. The molecule has 0 aliphatic carbocycles. The second-order valence-electron chi connectivity index (χ2n) is 8.70. The number of aromatic nitrogens is 5. The van der Waals surface area contributed by atoms with Crippen LogP contribution in [0.15, 0.2) is 6.33 Å². The van der Waals surface area contributed by atoms with Crippen LogP contribution in [0, 0.1) is 0 Å². The fourth-order valence-corrected chi connectivity index (χ4v) is 5.85. The van der Waals surface area contributed by atoms with Crippen molar-refractivity contribution in [1.82, 2.24) is 24.6 Å². The molecule has 0 amide bonds. The van der Waals surface area contributed by atoms with E-state index < -0.39 is 0 Å². The zero-order valence-corrected chi connectivity index (χ0v) is 17.9. The molecule has 9 nitrogen and oxygen atoms in total. The average Bonchev–Trinajstić information content (AvgIpc) is 3.37. The summed E-state index contributed by atoms with van der Waals surface area (Å²) >= 11 is 1.63. The fourth-order valence-electron chi connectivity index (χ4n) is 4.73. The van der Waals surface area contributed by atoms with E-state index in [0.717, 1.165) is 51.4 Å². The van der Waals surface area contributed by atoms with Crippen LogP contribution in [0.1, 0.15) is 44.2 Å². The third kappa shape index (κ3) is 2.60. The van der Waals surface area contributed by atoms with E-state index in [2.05, 4.69) is 34.3 Å². The Labute approximate surface area is 177 Å². The maximum Gasteiger partial charge on any atom is 0.241 e. The van der Waals surface area contributed by atoms with Gasteiger partial charge in [0.25, 0.3) is 0 Å². The van der Waals surface area contributed by atoms with Gasteiger partial charge >= 0.3 is 0 Å². The number of hydrogen-bond donors (Lipinski definition) is 2.